The third-order valence-corrected chi connectivity index (χ3v) is 8.91. The van der Waals surface area contributed by atoms with Crippen molar-refractivity contribution in [3.8, 4) is 0 Å². The first-order valence-corrected chi connectivity index (χ1v) is 14.2. The summed E-state index contributed by atoms with van der Waals surface area (Å²) in [7, 11) is 0. The van der Waals surface area contributed by atoms with Gasteiger partial charge in [-0.3, -0.25) is 14.4 Å². The lowest BCUT2D eigenvalue weighted by atomic mass is 9.64. The Kier molecular flexibility index (Phi) is 8.38. The molecule has 3 fully saturated rings. The SMILES string of the molecule is C=CCN(CCC)C(=O)[C@H]1[C@H]2C(=O)N(CCO)C(C(=O)N(CC=C)c3cc(C)ccc3C)C23CC[C@]1(CC)O3. The molecule has 5 atom stereocenters. The Hall–Kier alpha value is -2.97. The molecule has 39 heavy (non-hydrogen) atoms. The minimum absolute atomic E-state index is 0.00303. The average molecular weight is 538 g/mol. The molecule has 8 heteroatoms. The number of aliphatic hydroxyl groups excluding tert-OH is 1. The molecule has 2 bridgehead atoms. The van der Waals surface area contributed by atoms with E-state index in [2.05, 4.69) is 13.2 Å². The number of aliphatic hydroxyl groups is 1. The Morgan fingerprint density at radius 3 is 2.49 bits per heavy atom. The van der Waals surface area contributed by atoms with Crippen LogP contribution in [0.3, 0.4) is 0 Å². The second-order valence-corrected chi connectivity index (χ2v) is 11.2. The molecule has 0 radical (unpaired) electrons. The van der Waals surface area contributed by atoms with Crippen LogP contribution in [0.5, 0.6) is 0 Å². The van der Waals surface area contributed by atoms with Gasteiger partial charge in [0.1, 0.15) is 11.6 Å². The van der Waals surface area contributed by atoms with Gasteiger partial charge in [-0.2, -0.15) is 0 Å². The second-order valence-electron chi connectivity index (χ2n) is 11.2. The van der Waals surface area contributed by atoms with E-state index in [0.29, 0.717) is 32.4 Å². The van der Waals surface area contributed by atoms with Crippen LogP contribution in [0.15, 0.2) is 43.5 Å². The number of carbonyl (C=O) groups is 3. The molecule has 3 aliphatic rings. The fraction of sp³-hybridized carbons (Fsp3) is 0.581. The number of fused-ring (bicyclic) bond motifs is 1. The summed E-state index contributed by atoms with van der Waals surface area (Å²) in [6.07, 6.45) is 5.82. The largest absolute Gasteiger partial charge is 0.395 e. The molecule has 3 aliphatic heterocycles. The molecular formula is C31H43N3O5. The summed E-state index contributed by atoms with van der Waals surface area (Å²) in [5.41, 5.74) is 0.744. The minimum atomic E-state index is -1.14. The van der Waals surface area contributed by atoms with Crippen molar-refractivity contribution < 1.29 is 24.2 Å². The zero-order chi connectivity index (χ0) is 28.5. The van der Waals surface area contributed by atoms with Crippen LogP contribution in [-0.2, 0) is 19.1 Å². The van der Waals surface area contributed by atoms with E-state index in [4.69, 9.17) is 4.74 Å². The first kappa shape index (κ1) is 29.0. The van der Waals surface area contributed by atoms with Crippen molar-refractivity contribution >= 4 is 23.4 Å². The predicted octanol–water partition coefficient (Wildman–Crippen LogP) is 3.39. The van der Waals surface area contributed by atoms with Crippen molar-refractivity contribution in [2.45, 2.75) is 70.6 Å². The molecule has 3 amide bonds. The first-order valence-electron chi connectivity index (χ1n) is 14.2. The van der Waals surface area contributed by atoms with Gasteiger partial charge < -0.3 is 24.5 Å². The lowest BCUT2D eigenvalue weighted by Crippen LogP contribution is -2.57. The zero-order valence-electron chi connectivity index (χ0n) is 23.8. The van der Waals surface area contributed by atoms with E-state index >= 15 is 0 Å². The Bertz CT molecular complexity index is 1150. The van der Waals surface area contributed by atoms with Gasteiger partial charge in [0.25, 0.3) is 5.91 Å². The van der Waals surface area contributed by atoms with Crippen molar-refractivity contribution in [2.75, 3.05) is 37.7 Å². The van der Waals surface area contributed by atoms with Crippen molar-refractivity contribution in [1.82, 2.24) is 9.80 Å². The number of likely N-dealkylation sites (tertiary alicyclic amines) is 1. The smallest absolute Gasteiger partial charge is 0.253 e. The van der Waals surface area contributed by atoms with E-state index in [0.717, 1.165) is 23.2 Å². The highest BCUT2D eigenvalue weighted by Gasteiger charge is 2.79. The normalized spacial score (nSPS) is 28.9. The molecule has 0 aliphatic carbocycles. The molecule has 1 aromatic rings. The van der Waals surface area contributed by atoms with E-state index in [9.17, 15) is 19.5 Å². The molecule has 1 spiro atoms. The van der Waals surface area contributed by atoms with Gasteiger partial charge in [0, 0.05) is 31.9 Å². The third-order valence-electron chi connectivity index (χ3n) is 8.91. The quantitative estimate of drug-likeness (QED) is 0.413. The monoisotopic (exact) mass is 537 g/mol. The van der Waals surface area contributed by atoms with Crippen molar-refractivity contribution in [3.05, 3.63) is 54.6 Å². The Morgan fingerprint density at radius 1 is 1.15 bits per heavy atom. The van der Waals surface area contributed by atoms with Crippen molar-refractivity contribution in [2.24, 2.45) is 11.8 Å². The Labute approximate surface area is 232 Å². The number of amides is 3. The van der Waals surface area contributed by atoms with E-state index in [1.54, 1.807) is 22.0 Å². The molecule has 3 saturated heterocycles. The number of β-amino-alcohol motifs (C(OH)–C–C–N with tert-alkyl or cyclic N) is 1. The lowest BCUT2D eigenvalue weighted by Gasteiger charge is -2.37. The molecule has 0 aromatic heterocycles. The van der Waals surface area contributed by atoms with E-state index in [1.807, 2.05) is 45.9 Å². The van der Waals surface area contributed by atoms with Gasteiger partial charge in [0.2, 0.25) is 11.8 Å². The summed E-state index contributed by atoms with van der Waals surface area (Å²) in [6, 6.07) is 4.98. The second kappa shape index (κ2) is 11.3. The number of hydrogen-bond donors (Lipinski definition) is 1. The van der Waals surface area contributed by atoms with E-state index < -0.39 is 29.1 Å². The molecular weight excluding hydrogens is 494 g/mol. The van der Waals surface area contributed by atoms with Gasteiger partial charge in [-0.1, -0.05) is 38.1 Å². The average Bonchev–Trinajstić information content (AvgIpc) is 3.52. The van der Waals surface area contributed by atoms with Gasteiger partial charge in [-0.05, 0) is 56.7 Å². The predicted molar refractivity (Wildman–Crippen MR) is 151 cm³/mol. The number of rotatable bonds is 12. The van der Waals surface area contributed by atoms with E-state index in [1.165, 1.54) is 4.90 Å². The highest BCUT2D eigenvalue weighted by molar-refractivity contribution is 6.05. The fourth-order valence-electron chi connectivity index (χ4n) is 7.23. The maximum absolute atomic E-state index is 14.6. The van der Waals surface area contributed by atoms with Gasteiger partial charge >= 0.3 is 0 Å². The summed E-state index contributed by atoms with van der Waals surface area (Å²) in [5, 5.41) is 9.95. The maximum atomic E-state index is 14.6. The number of benzene rings is 1. The number of ether oxygens (including phenoxy) is 1. The minimum Gasteiger partial charge on any atom is -0.395 e. The van der Waals surface area contributed by atoms with Crippen LogP contribution < -0.4 is 4.90 Å². The number of aryl methyl sites for hydroxylation is 2. The fourth-order valence-corrected chi connectivity index (χ4v) is 7.23. The van der Waals surface area contributed by atoms with Crippen LogP contribution in [-0.4, -0.2) is 82.7 Å². The van der Waals surface area contributed by atoms with Crippen molar-refractivity contribution in [1.29, 1.82) is 0 Å². The van der Waals surface area contributed by atoms with Crippen LogP contribution >= 0.6 is 0 Å². The molecule has 1 aromatic carbocycles. The molecule has 4 rings (SSSR count). The molecule has 212 valence electrons. The standard InChI is InChI=1S/C31H43N3O5/c1-7-15-32(16-8-2)27(36)24-25-28(37)34(18-19-35)26(31(25)14-13-30(24,10-4)39-31)29(38)33(17-9-3)23-20-21(5)11-12-22(23)6/h7,9,11-12,20,24-26,35H,1,3,8,10,13-19H2,2,4-6H3/t24-,25+,26?,30+,31?/m1/s1. The van der Waals surface area contributed by atoms with Crippen LogP contribution in [0.4, 0.5) is 5.69 Å². The topological polar surface area (TPSA) is 90.4 Å². The number of carbonyl (C=O) groups excluding carboxylic acids is 3. The molecule has 1 N–H and O–H groups in total. The summed E-state index contributed by atoms with van der Waals surface area (Å²) >= 11 is 0. The summed E-state index contributed by atoms with van der Waals surface area (Å²) < 4.78 is 6.87. The van der Waals surface area contributed by atoms with E-state index in [-0.39, 0.29) is 37.4 Å². The Morgan fingerprint density at radius 2 is 1.87 bits per heavy atom. The Balaban J connectivity index is 1.83. The lowest BCUT2D eigenvalue weighted by molar-refractivity contribution is -0.151. The van der Waals surface area contributed by atoms with Crippen molar-refractivity contribution in [3.63, 3.8) is 0 Å². The van der Waals surface area contributed by atoms with Crippen LogP contribution in [0.1, 0.15) is 50.7 Å². The number of hydrogen-bond acceptors (Lipinski definition) is 5. The molecule has 2 unspecified atom stereocenters. The van der Waals surface area contributed by atoms with Crippen LogP contribution in [0, 0.1) is 25.7 Å². The van der Waals surface area contributed by atoms with Gasteiger partial charge in [-0.15, -0.1) is 13.2 Å². The van der Waals surface area contributed by atoms with Crippen LogP contribution in [0.2, 0.25) is 0 Å². The highest BCUT2D eigenvalue weighted by Crippen LogP contribution is 2.64. The maximum Gasteiger partial charge on any atom is 0.253 e. The van der Waals surface area contributed by atoms with Crippen LogP contribution in [0.25, 0.3) is 0 Å². The summed E-state index contributed by atoms with van der Waals surface area (Å²) in [5.74, 6) is -2.15. The third kappa shape index (κ3) is 4.51. The highest BCUT2D eigenvalue weighted by atomic mass is 16.5. The number of nitrogens with zero attached hydrogens (tertiary/aromatic N) is 3. The number of anilines is 1. The zero-order valence-corrected chi connectivity index (χ0v) is 23.8. The van der Waals surface area contributed by atoms with Gasteiger partial charge in [0.05, 0.1) is 24.0 Å². The van der Waals surface area contributed by atoms with Gasteiger partial charge in [-0.25, -0.2) is 0 Å². The molecule has 0 saturated carbocycles. The summed E-state index contributed by atoms with van der Waals surface area (Å²) in [4.78, 5) is 47.8. The van der Waals surface area contributed by atoms with Gasteiger partial charge in [0.15, 0.2) is 0 Å². The first-order chi connectivity index (χ1) is 18.7. The molecule has 8 nitrogen and oxygen atoms in total. The molecule has 3 heterocycles. The summed E-state index contributed by atoms with van der Waals surface area (Å²) in [6.45, 7) is 16.5.